The number of ether oxygens (including phenoxy) is 1. The van der Waals surface area contributed by atoms with Gasteiger partial charge < -0.3 is 15.4 Å². The number of rotatable bonds is 8. The predicted molar refractivity (Wildman–Crippen MR) is 122 cm³/mol. The highest BCUT2D eigenvalue weighted by Gasteiger charge is 2.07. The number of anilines is 1. The number of carbonyl (C=O) groups excluding carboxylic acids is 2. The summed E-state index contributed by atoms with van der Waals surface area (Å²) in [5, 5.41) is 5.61. The first kappa shape index (κ1) is 21.8. The molecule has 6 heteroatoms. The molecule has 0 spiro atoms. The maximum Gasteiger partial charge on any atom is 0.251 e. The highest BCUT2D eigenvalue weighted by molar-refractivity contribution is 6.02. The van der Waals surface area contributed by atoms with Gasteiger partial charge in [-0.25, -0.2) is 0 Å². The highest BCUT2D eigenvalue weighted by atomic mass is 16.5. The molecule has 0 aliphatic carbocycles. The van der Waals surface area contributed by atoms with Crippen LogP contribution in [0.4, 0.5) is 5.69 Å². The molecule has 0 radical (unpaired) electrons. The Morgan fingerprint density at radius 2 is 1.74 bits per heavy atom. The normalized spacial score (nSPS) is 10.8. The Morgan fingerprint density at radius 3 is 2.39 bits per heavy atom. The van der Waals surface area contributed by atoms with Gasteiger partial charge in [-0.1, -0.05) is 18.2 Å². The Bertz CT molecular complexity index is 1030. The third kappa shape index (κ3) is 7.12. The summed E-state index contributed by atoms with van der Waals surface area (Å²) in [6, 6.07) is 20.0. The molecule has 2 aromatic carbocycles. The molecule has 0 bridgehead atoms. The van der Waals surface area contributed by atoms with E-state index in [0.717, 1.165) is 17.0 Å². The van der Waals surface area contributed by atoms with Crippen molar-refractivity contribution >= 4 is 23.6 Å². The van der Waals surface area contributed by atoms with Gasteiger partial charge in [-0.05, 0) is 74.0 Å². The fourth-order valence-electron chi connectivity index (χ4n) is 2.72. The van der Waals surface area contributed by atoms with Crippen LogP contribution in [0.5, 0.6) is 5.75 Å². The van der Waals surface area contributed by atoms with E-state index in [4.69, 9.17) is 4.74 Å². The second-order valence-corrected chi connectivity index (χ2v) is 7.21. The maximum absolute atomic E-state index is 12.2. The number of hydrogen-bond donors (Lipinski definition) is 2. The fraction of sp³-hybridized carbons (Fsp3) is 0.160. The van der Waals surface area contributed by atoms with Crippen LogP contribution >= 0.6 is 0 Å². The van der Waals surface area contributed by atoms with Crippen molar-refractivity contribution in [2.24, 2.45) is 0 Å². The van der Waals surface area contributed by atoms with Gasteiger partial charge in [0.1, 0.15) is 12.4 Å². The second kappa shape index (κ2) is 10.7. The summed E-state index contributed by atoms with van der Waals surface area (Å²) in [5.74, 6) is 0.337. The fourth-order valence-corrected chi connectivity index (χ4v) is 2.72. The van der Waals surface area contributed by atoms with E-state index in [0.29, 0.717) is 17.9 Å². The molecule has 0 atom stereocenters. The van der Waals surface area contributed by atoms with Crippen LogP contribution in [-0.2, 0) is 11.4 Å². The number of aromatic nitrogens is 1. The first-order valence-corrected chi connectivity index (χ1v) is 10.0. The molecule has 0 saturated heterocycles. The molecule has 2 N–H and O–H groups in total. The van der Waals surface area contributed by atoms with Crippen molar-refractivity contribution in [3.8, 4) is 5.75 Å². The Hall–Kier alpha value is -3.93. The summed E-state index contributed by atoms with van der Waals surface area (Å²) < 4.78 is 5.70. The summed E-state index contributed by atoms with van der Waals surface area (Å²) >= 11 is 0. The van der Waals surface area contributed by atoms with Crippen LogP contribution in [0.15, 0.2) is 79.0 Å². The summed E-state index contributed by atoms with van der Waals surface area (Å²) in [7, 11) is 0. The number of amides is 2. The lowest BCUT2D eigenvalue weighted by Gasteiger charge is -2.09. The molecule has 1 aromatic heterocycles. The molecule has 0 fully saturated rings. The number of benzene rings is 2. The van der Waals surface area contributed by atoms with E-state index in [1.807, 2.05) is 56.3 Å². The average molecular weight is 415 g/mol. The zero-order valence-corrected chi connectivity index (χ0v) is 17.5. The van der Waals surface area contributed by atoms with Crippen LogP contribution in [-0.4, -0.2) is 22.8 Å². The average Bonchev–Trinajstić information content (AvgIpc) is 2.78. The van der Waals surface area contributed by atoms with Crippen molar-refractivity contribution in [1.29, 1.82) is 0 Å². The quantitative estimate of drug-likeness (QED) is 0.533. The molecule has 3 rings (SSSR count). The molecule has 0 aliphatic heterocycles. The standard InChI is InChI=1S/C25H25N3O3/c1-18(2)27-25(30)20-9-11-21(12-10-20)28-24(29)15-8-19-6-13-23(14-7-19)31-17-22-5-3-4-16-26-22/h3-16,18H,17H2,1-2H3,(H,27,30)(H,28,29). The van der Waals surface area contributed by atoms with Crippen molar-refractivity contribution in [1.82, 2.24) is 10.3 Å². The van der Waals surface area contributed by atoms with Gasteiger partial charge in [-0.15, -0.1) is 0 Å². The Labute approximate surface area is 182 Å². The van der Waals surface area contributed by atoms with Gasteiger partial charge in [0.05, 0.1) is 5.69 Å². The molecular weight excluding hydrogens is 390 g/mol. The maximum atomic E-state index is 12.2. The van der Waals surface area contributed by atoms with Gasteiger partial charge in [0.15, 0.2) is 0 Å². The smallest absolute Gasteiger partial charge is 0.251 e. The third-order valence-corrected chi connectivity index (χ3v) is 4.25. The number of nitrogens with one attached hydrogen (secondary N) is 2. The van der Waals surface area contributed by atoms with Gasteiger partial charge in [-0.3, -0.25) is 14.6 Å². The van der Waals surface area contributed by atoms with Crippen LogP contribution < -0.4 is 15.4 Å². The lowest BCUT2D eigenvalue weighted by atomic mass is 10.1. The van der Waals surface area contributed by atoms with Crippen molar-refractivity contribution < 1.29 is 14.3 Å². The van der Waals surface area contributed by atoms with Gasteiger partial charge in [0, 0.05) is 29.6 Å². The molecule has 6 nitrogen and oxygen atoms in total. The molecule has 3 aromatic rings. The number of pyridine rings is 1. The van der Waals surface area contributed by atoms with Crippen LogP contribution in [0.3, 0.4) is 0 Å². The molecule has 0 aliphatic rings. The van der Waals surface area contributed by atoms with Crippen molar-refractivity contribution in [3.63, 3.8) is 0 Å². The predicted octanol–water partition coefficient (Wildman–Crippen LogP) is 4.45. The molecule has 0 saturated carbocycles. The van der Waals surface area contributed by atoms with Gasteiger partial charge in [0.2, 0.25) is 5.91 Å². The van der Waals surface area contributed by atoms with Crippen LogP contribution in [0.25, 0.3) is 6.08 Å². The molecule has 2 amide bonds. The molecule has 31 heavy (non-hydrogen) atoms. The number of hydrogen-bond acceptors (Lipinski definition) is 4. The lowest BCUT2D eigenvalue weighted by Crippen LogP contribution is -2.29. The SMILES string of the molecule is CC(C)NC(=O)c1ccc(NC(=O)C=Cc2ccc(OCc3ccccn3)cc2)cc1. The van der Waals surface area contributed by atoms with E-state index in [2.05, 4.69) is 15.6 Å². The van der Waals surface area contributed by atoms with Crippen molar-refractivity contribution in [2.45, 2.75) is 26.5 Å². The van der Waals surface area contributed by atoms with Gasteiger partial charge in [0.25, 0.3) is 5.91 Å². The zero-order chi connectivity index (χ0) is 22.1. The lowest BCUT2D eigenvalue weighted by molar-refractivity contribution is -0.111. The first-order chi connectivity index (χ1) is 15.0. The van der Waals surface area contributed by atoms with Crippen molar-refractivity contribution in [3.05, 3.63) is 95.8 Å². The van der Waals surface area contributed by atoms with Gasteiger partial charge >= 0.3 is 0 Å². The highest BCUT2D eigenvalue weighted by Crippen LogP contribution is 2.15. The van der Waals surface area contributed by atoms with Crippen molar-refractivity contribution in [2.75, 3.05) is 5.32 Å². The van der Waals surface area contributed by atoms with E-state index < -0.39 is 0 Å². The Balaban J connectivity index is 1.49. The third-order valence-electron chi connectivity index (χ3n) is 4.25. The Morgan fingerprint density at radius 1 is 1.00 bits per heavy atom. The monoisotopic (exact) mass is 415 g/mol. The van der Waals surface area contributed by atoms with E-state index in [1.54, 1.807) is 36.5 Å². The van der Waals surface area contributed by atoms with Crippen LogP contribution in [0, 0.1) is 0 Å². The van der Waals surface area contributed by atoms with E-state index in [-0.39, 0.29) is 17.9 Å². The van der Waals surface area contributed by atoms with E-state index in [9.17, 15) is 9.59 Å². The van der Waals surface area contributed by atoms with E-state index in [1.165, 1.54) is 6.08 Å². The number of carbonyl (C=O) groups is 2. The minimum Gasteiger partial charge on any atom is -0.487 e. The molecule has 1 heterocycles. The largest absolute Gasteiger partial charge is 0.487 e. The Kier molecular flexibility index (Phi) is 7.54. The van der Waals surface area contributed by atoms with E-state index >= 15 is 0 Å². The minimum absolute atomic E-state index is 0.0681. The molecule has 158 valence electrons. The first-order valence-electron chi connectivity index (χ1n) is 10.0. The molecular formula is C25H25N3O3. The zero-order valence-electron chi connectivity index (χ0n) is 17.5. The summed E-state index contributed by atoms with van der Waals surface area (Å²) in [6.07, 6.45) is 4.92. The summed E-state index contributed by atoms with van der Waals surface area (Å²) in [4.78, 5) is 28.3. The molecule has 0 unspecified atom stereocenters. The summed E-state index contributed by atoms with van der Waals surface area (Å²) in [6.45, 7) is 4.21. The van der Waals surface area contributed by atoms with Crippen LogP contribution in [0.2, 0.25) is 0 Å². The summed E-state index contributed by atoms with van der Waals surface area (Å²) in [5.41, 5.74) is 2.90. The topological polar surface area (TPSA) is 80.3 Å². The van der Waals surface area contributed by atoms with Gasteiger partial charge in [-0.2, -0.15) is 0 Å². The minimum atomic E-state index is -0.255. The number of nitrogens with zero attached hydrogens (tertiary/aromatic N) is 1. The van der Waals surface area contributed by atoms with Crippen LogP contribution in [0.1, 0.15) is 35.5 Å². The second-order valence-electron chi connectivity index (χ2n) is 7.21.